The number of carbonyl (C=O) groups is 3. The second-order valence-electron chi connectivity index (χ2n) is 16.5. The van der Waals surface area contributed by atoms with E-state index >= 15 is 0 Å². The number of rotatable bonds is 44. The van der Waals surface area contributed by atoms with Crippen LogP contribution in [0.4, 0.5) is 0 Å². The fourth-order valence-electron chi connectivity index (χ4n) is 6.35. The normalized spacial score (nSPS) is 13.4. The Bertz CT molecular complexity index is 1570. The number of allylic oxidation sites excluding steroid dienone is 26. The lowest BCUT2D eigenvalue weighted by atomic mass is 10.1. The average Bonchev–Trinajstić information content (AvgIpc) is 3.33. The van der Waals surface area contributed by atoms with E-state index in [1.165, 1.54) is 6.42 Å². The molecule has 6 heteroatoms. The highest BCUT2D eigenvalue weighted by atomic mass is 16.6. The van der Waals surface area contributed by atoms with Crippen LogP contribution in [0.2, 0.25) is 0 Å². The highest BCUT2D eigenvalue weighted by Gasteiger charge is 2.19. The zero-order chi connectivity index (χ0) is 48.6. The van der Waals surface area contributed by atoms with Gasteiger partial charge in [-0.25, -0.2) is 0 Å². The molecule has 0 saturated heterocycles. The fraction of sp³-hybridized carbons (Fsp3) is 0.525. The third-order valence-electron chi connectivity index (χ3n) is 10.2. The van der Waals surface area contributed by atoms with E-state index in [0.717, 1.165) is 135 Å². The molecule has 6 nitrogen and oxygen atoms in total. The van der Waals surface area contributed by atoms with Crippen LogP contribution in [0.1, 0.15) is 188 Å². The molecule has 0 fully saturated rings. The molecule has 0 radical (unpaired) electrons. The van der Waals surface area contributed by atoms with Gasteiger partial charge in [-0.1, -0.05) is 230 Å². The van der Waals surface area contributed by atoms with Crippen molar-refractivity contribution in [2.45, 2.75) is 194 Å². The van der Waals surface area contributed by atoms with Gasteiger partial charge in [0.25, 0.3) is 0 Å². The SMILES string of the molecule is CC\C=C/C=C\C=C/C=C\CCCCCCCC(=O)OCC(COC(=O)CCCCCCC\C=C/C=C\C=C/C=C\C=C/CCC)OC(=O)CCCCC/C=C\C/C=C\C/C=C\C/C=C\CC. The Kier molecular flexibility index (Phi) is 49.7. The Morgan fingerprint density at radius 2 is 0.657 bits per heavy atom. The molecule has 0 bridgehead atoms. The maximum Gasteiger partial charge on any atom is 0.306 e. The Morgan fingerprint density at radius 3 is 1.10 bits per heavy atom. The van der Waals surface area contributed by atoms with Gasteiger partial charge in [-0.2, -0.15) is 0 Å². The summed E-state index contributed by atoms with van der Waals surface area (Å²) in [7, 11) is 0. The van der Waals surface area contributed by atoms with Gasteiger partial charge < -0.3 is 14.2 Å². The first-order valence-corrected chi connectivity index (χ1v) is 26.1. The number of hydrogen-bond donors (Lipinski definition) is 0. The van der Waals surface area contributed by atoms with E-state index in [1.54, 1.807) is 0 Å². The van der Waals surface area contributed by atoms with Gasteiger partial charge >= 0.3 is 17.9 Å². The van der Waals surface area contributed by atoms with Crippen molar-refractivity contribution in [1.29, 1.82) is 0 Å². The van der Waals surface area contributed by atoms with Gasteiger partial charge in [-0.3, -0.25) is 14.4 Å². The van der Waals surface area contributed by atoms with E-state index in [-0.39, 0.29) is 37.5 Å². The molecule has 372 valence electrons. The van der Waals surface area contributed by atoms with E-state index in [0.29, 0.717) is 19.3 Å². The summed E-state index contributed by atoms with van der Waals surface area (Å²) in [5.74, 6) is -1.01. The number of unbranched alkanes of at least 4 members (excludes halogenated alkanes) is 14. The van der Waals surface area contributed by atoms with Crippen molar-refractivity contribution < 1.29 is 28.6 Å². The molecule has 0 saturated carbocycles. The molecule has 0 aromatic heterocycles. The molecule has 0 aliphatic rings. The van der Waals surface area contributed by atoms with Crippen molar-refractivity contribution in [3.05, 3.63) is 158 Å². The zero-order valence-electron chi connectivity index (χ0n) is 42.3. The number of carbonyl (C=O) groups excluding carboxylic acids is 3. The van der Waals surface area contributed by atoms with E-state index in [1.807, 2.05) is 60.8 Å². The van der Waals surface area contributed by atoms with Gasteiger partial charge in [0.2, 0.25) is 0 Å². The smallest absolute Gasteiger partial charge is 0.306 e. The second kappa shape index (κ2) is 53.6. The molecule has 0 aromatic rings. The molecule has 0 N–H and O–H groups in total. The first-order chi connectivity index (χ1) is 33.0. The lowest BCUT2D eigenvalue weighted by Crippen LogP contribution is -2.30. The summed E-state index contributed by atoms with van der Waals surface area (Å²) in [6.07, 6.45) is 77.8. The summed E-state index contributed by atoms with van der Waals surface area (Å²) in [6.45, 7) is 6.20. The Morgan fingerprint density at radius 1 is 0.328 bits per heavy atom. The third-order valence-corrected chi connectivity index (χ3v) is 10.2. The monoisotopic (exact) mass is 921 g/mol. The number of ether oxygens (including phenoxy) is 3. The average molecular weight is 921 g/mol. The lowest BCUT2D eigenvalue weighted by molar-refractivity contribution is -0.167. The van der Waals surface area contributed by atoms with Crippen LogP contribution in [0.3, 0.4) is 0 Å². The molecule has 1 atom stereocenters. The Labute approximate surface area is 409 Å². The third kappa shape index (κ3) is 51.9. The molecule has 0 aromatic carbocycles. The van der Waals surface area contributed by atoms with Crippen LogP contribution in [0, 0.1) is 0 Å². The second-order valence-corrected chi connectivity index (χ2v) is 16.5. The minimum atomic E-state index is -0.824. The van der Waals surface area contributed by atoms with Crippen LogP contribution in [-0.2, 0) is 28.6 Å². The Hall–Kier alpha value is -4.97. The fourth-order valence-corrected chi connectivity index (χ4v) is 6.35. The van der Waals surface area contributed by atoms with Gasteiger partial charge in [-0.05, 0) is 96.3 Å². The van der Waals surface area contributed by atoms with Crippen LogP contribution >= 0.6 is 0 Å². The first-order valence-electron chi connectivity index (χ1n) is 26.1. The Balaban J connectivity index is 4.59. The molecular weight excluding hydrogens is 829 g/mol. The maximum absolute atomic E-state index is 12.8. The van der Waals surface area contributed by atoms with Crippen molar-refractivity contribution in [2.24, 2.45) is 0 Å². The maximum atomic E-state index is 12.8. The molecule has 0 rings (SSSR count). The molecule has 0 aliphatic heterocycles. The minimum Gasteiger partial charge on any atom is -0.462 e. The highest BCUT2D eigenvalue weighted by Crippen LogP contribution is 2.12. The molecule has 0 amide bonds. The van der Waals surface area contributed by atoms with E-state index in [2.05, 4.69) is 118 Å². The van der Waals surface area contributed by atoms with Gasteiger partial charge in [0, 0.05) is 19.3 Å². The van der Waals surface area contributed by atoms with E-state index < -0.39 is 6.10 Å². The minimum absolute atomic E-state index is 0.120. The van der Waals surface area contributed by atoms with Crippen molar-refractivity contribution in [2.75, 3.05) is 13.2 Å². The predicted octanol–water partition coefficient (Wildman–Crippen LogP) is 17.4. The van der Waals surface area contributed by atoms with Crippen molar-refractivity contribution in [1.82, 2.24) is 0 Å². The first kappa shape index (κ1) is 62.0. The number of esters is 3. The van der Waals surface area contributed by atoms with Crippen LogP contribution < -0.4 is 0 Å². The van der Waals surface area contributed by atoms with Crippen molar-refractivity contribution in [3.63, 3.8) is 0 Å². The van der Waals surface area contributed by atoms with E-state index in [9.17, 15) is 14.4 Å². The molecule has 1 unspecified atom stereocenters. The molecule has 0 spiro atoms. The predicted molar refractivity (Wildman–Crippen MR) is 288 cm³/mol. The summed E-state index contributed by atoms with van der Waals surface area (Å²) >= 11 is 0. The van der Waals surface area contributed by atoms with Gasteiger partial charge in [0.1, 0.15) is 13.2 Å². The molecule has 67 heavy (non-hydrogen) atoms. The summed E-state index contributed by atoms with van der Waals surface area (Å²) in [4.78, 5) is 38.1. The zero-order valence-corrected chi connectivity index (χ0v) is 42.3. The topological polar surface area (TPSA) is 78.9 Å². The quantitative estimate of drug-likeness (QED) is 0.0199. The van der Waals surface area contributed by atoms with Crippen molar-refractivity contribution in [3.8, 4) is 0 Å². The van der Waals surface area contributed by atoms with Gasteiger partial charge in [0.05, 0.1) is 0 Å². The largest absolute Gasteiger partial charge is 0.462 e. The van der Waals surface area contributed by atoms with Crippen LogP contribution in [0.15, 0.2) is 158 Å². The van der Waals surface area contributed by atoms with Gasteiger partial charge in [0.15, 0.2) is 6.10 Å². The summed E-state index contributed by atoms with van der Waals surface area (Å²) < 4.78 is 16.7. The van der Waals surface area contributed by atoms with Crippen LogP contribution in [0.25, 0.3) is 0 Å². The van der Waals surface area contributed by atoms with Crippen molar-refractivity contribution >= 4 is 17.9 Å². The number of hydrogen-bond acceptors (Lipinski definition) is 6. The van der Waals surface area contributed by atoms with Crippen LogP contribution in [-0.4, -0.2) is 37.2 Å². The standard InChI is InChI=1S/C61H92O6/c1-4-7-10-13-16-19-22-25-28-30-31-34-36-39-42-45-48-51-54-60(63)66-57-58(56-65-59(62)53-50-47-44-41-38-35-32-27-24-21-18-15-12-9-6-3)67-61(64)55-52-49-46-43-40-37-33-29-26-23-20-17-14-11-8-5-2/h8-13,15-22,24-32,34,37,40,58H,4-7,14,23,33,35-36,38-39,41-57H2,1-3H3/b11-8-,12-9-,13-10-,18-15-,19-16-,20-17-,24-21-,25-22-,29-26-,30-28-,32-27-,34-31-,40-37-. The lowest BCUT2D eigenvalue weighted by Gasteiger charge is -2.18. The van der Waals surface area contributed by atoms with E-state index in [4.69, 9.17) is 14.2 Å². The molecule has 0 heterocycles. The summed E-state index contributed by atoms with van der Waals surface area (Å²) in [5, 5.41) is 0. The summed E-state index contributed by atoms with van der Waals surface area (Å²) in [5.41, 5.74) is 0. The van der Waals surface area contributed by atoms with Crippen LogP contribution in [0.5, 0.6) is 0 Å². The highest BCUT2D eigenvalue weighted by molar-refractivity contribution is 5.71. The summed E-state index contributed by atoms with van der Waals surface area (Å²) in [6, 6.07) is 0. The molecular formula is C61H92O6. The molecule has 0 aliphatic carbocycles. The van der Waals surface area contributed by atoms with Gasteiger partial charge in [-0.15, -0.1) is 0 Å².